The Balaban J connectivity index is 1.86. The predicted octanol–water partition coefficient (Wildman–Crippen LogP) is 4.03. The Labute approximate surface area is 119 Å². The molecule has 2 saturated carbocycles. The Hall–Kier alpha value is -0.0500. The van der Waals surface area contributed by atoms with Crippen molar-refractivity contribution in [2.45, 2.75) is 70.3 Å². The Morgan fingerprint density at radius 1 is 1.28 bits per heavy atom. The van der Waals surface area contributed by atoms with Gasteiger partial charge in [0.15, 0.2) is 0 Å². The molecule has 0 radical (unpaired) electrons. The average Bonchev–Trinajstić information content (AvgIpc) is 2.81. The lowest BCUT2D eigenvalue weighted by molar-refractivity contribution is -0.124. The number of nitrogens with one attached hydrogen (secondary N) is 1. The molecule has 104 valence electrons. The van der Waals surface area contributed by atoms with Crippen LogP contribution in [0.25, 0.3) is 0 Å². The van der Waals surface area contributed by atoms with E-state index in [1.54, 1.807) is 0 Å². The zero-order valence-corrected chi connectivity index (χ0v) is 13.1. The van der Waals surface area contributed by atoms with Crippen LogP contribution in [0.3, 0.4) is 0 Å². The molecule has 0 aromatic rings. The number of amides is 1. The molecule has 3 heteroatoms. The summed E-state index contributed by atoms with van der Waals surface area (Å²) in [6.45, 7) is 2.31. The number of halogens is 1. The van der Waals surface area contributed by atoms with Gasteiger partial charge in [-0.1, -0.05) is 48.5 Å². The first-order chi connectivity index (χ1) is 8.63. The highest BCUT2D eigenvalue weighted by Crippen LogP contribution is 2.34. The summed E-state index contributed by atoms with van der Waals surface area (Å²) in [7, 11) is 0. The summed E-state index contributed by atoms with van der Waals surface area (Å²) < 4.78 is 0. The summed E-state index contributed by atoms with van der Waals surface area (Å²) in [4.78, 5) is 12.2. The lowest BCUT2D eigenvalue weighted by Gasteiger charge is -2.39. The van der Waals surface area contributed by atoms with Gasteiger partial charge in [-0.05, 0) is 37.5 Å². The van der Waals surface area contributed by atoms with Crippen LogP contribution in [-0.4, -0.2) is 16.8 Å². The smallest absolute Gasteiger partial charge is 0.220 e. The molecule has 0 aromatic heterocycles. The highest BCUT2D eigenvalue weighted by atomic mass is 79.9. The Kier molecular flexibility index (Phi) is 5.11. The second kappa shape index (κ2) is 6.40. The molecule has 2 unspecified atom stereocenters. The molecule has 1 amide bonds. The topological polar surface area (TPSA) is 29.1 Å². The van der Waals surface area contributed by atoms with Crippen molar-refractivity contribution in [2.24, 2.45) is 11.8 Å². The number of carbonyl (C=O) groups is 1. The van der Waals surface area contributed by atoms with Crippen molar-refractivity contribution in [3.63, 3.8) is 0 Å². The number of hydrogen-bond donors (Lipinski definition) is 1. The van der Waals surface area contributed by atoms with E-state index in [1.165, 1.54) is 38.5 Å². The summed E-state index contributed by atoms with van der Waals surface area (Å²) in [6, 6.07) is 0. The lowest BCUT2D eigenvalue weighted by atomic mass is 9.77. The molecule has 0 aromatic carbocycles. The second-order valence-electron chi connectivity index (χ2n) is 6.52. The third-order valence-corrected chi connectivity index (χ3v) is 5.77. The molecule has 18 heavy (non-hydrogen) atoms. The van der Waals surface area contributed by atoms with E-state index in [0.29, 0.717) is 5.92 Å². The van der Waals surface area contributed by atoms with Crippen molar-refractivity contribution in [3.8, 4) is 0 Å². The number of carbonyl (C=O) groups excluding carboxylic acids is 1. The summed E-state index contributed by atoms with van der Waals surface area (Å²) in [6.07, 6.45) is 10.7. The summed E-state index contributed by atoms with van der Waals surface area (Å²) >= 11 is 3.62. The standard InChI is InChI=1S/C15H26BrNO/c1-12-5-4-8-15(10-12,11-16)17-14(18)9-13-6-2-3-7-13/h12-13H,2-11H2,1H3,(H,17,18). The molecule has 2 rings (SSSR count). The van der Waals surface area contributed by atoms with Crippen molar-refractivity contribution in [2.75, 3.05) is 5.33 Å². The fourth-order valence-electron chi connectivity index (χ4n) is 3.75. The van der Waals surface area contributed by atoms with Crippen molar-refractivity contribution in [3.05, 3.63) is 0 Å². The molecule has 2 fully saturated rings. The number of alkyl halides is 1. The van der Waals surface area contributed by atoms with E-state index >= 15 is 0 Å². The SMILES string of the molecule is CC1CCCC(CBr)(NC(=O)CC2CCCC2)C1. The van der Waals surface area contributed by atoms with Crippen molar-refractivity contribution >= 4 is 21.8 Å². The van der Waals surface area contributed by atoms with Crippen LogP contribution in [0.15, 0.2) is 0 Å². The van der Waals surface area contributed by atoms with Crippen LogP contribution in [0.4, 0.5) is 0 Å². The van der Waals surface area contributed by atoms with Crippen LogP contribution < -0.4 is 5.32 Å². The Morgan fingerprint density at radius 3 is 2.61 bits per heavy atom. The van der Waals surface area contributed by atoms with Gasteiger partial charge in [0.25, 0.3) is 0 Å². The second-order valence-corrected chi connectivity index (χ2v) is 7.08. The summed E-state index contributed by atoms with van der Waals surface area (Å²) in [5.41, 5.74) is 0.0351. The van der Waals surface area contributed by atoms with Gasteiger partial charge in [-0.2, -0.15) is 0 Å². The quantitative estimate of drug-likeness (QED) is 0.780. The molecule has 1 N–H and O–H groups in total. The molecule has 0 spiro atoms. The molecular weight excluding hydrogens is 290 g/mol. The number of hydrogen-bond acceptors (Lipinski definition) is 1. The first-order valence-corrected chi connectivity index (χ1v) is 8.63. The van der Waals surface area contributed by atoms with Gasteiger partial charge in [0.1, 0.15) is 0 Å². The highest BCUT2D eigenvalue weighted by molar-refractivity contribution is 9.09. The minimum absolute atomic E-state index is 0.0351. The first-order valence-electron chi connectivity index (χ1n) is 7.50. The normalized spacial score (nSPS) is 33.6. The van der Waals surface area contributed by atoms with Crippen molar-refractivity contribution in [1.82, 2.24) is 5.32 Å². The van der Waals surface area contributed by atoms with Gasteiger partial charge in [0, 0.05) is 17.3 Å². The van der Waals surface area contributed by atoms with E-state index in [4.69, 9.17) is 0 Å². The van der Waals surface area contributed by atoms with Gasteiger partial charge < -0.3 is 5.32 Å². The molecule has 2 aliphatic carbocycles. The molecule has 2 atom stereocenters. The van der Waals surface area contributed by atoms with Gasteiger partial charge >= 0.3 is 0 Å². The van der Waals surface area contributed by atoms with E-state index in [-0.39, 0.29) is 11.4 Å². The van der Waals surface area contributed by atoms with Crippen LogP contribution in [0.5, 0.6) is 0 Å². The van der Waals surface area contributed by atoms with E-state index in [2.05, 4.69) is 28.2 Å². The van der Waals surface area contributed by atoms with Crippen molar-refractivity contribution < 1.29 is 4.79 Å². The van der Waals surface area contributed by atoms with Gasteiger partial charge in [0.2, 0.25) is 5.91 Å². The third-order valence-electron chi connectivity index (χ3n) is 4.70. The first kappa shape index (κ1) is 14.4. The predicted molar refractivity (Wildman–Crippen MR) is 78.9 cm³/mol. The zero-order valence-electron chi connectivity index (χ0n) is 11.5. The minimum Gasteiger partial charge on any atom is -0.350 e. The fraction of sp³-hybridized carbons (Fsp3) is 0.933. The minimum atomic E-state index is 0.0351. The summed E-state index contributed by atoms with van der Waals surface area (Å²) in [5.74, 6) is 1.68. The maximum Gasteiger partial charge on any atom is 0.220 e. The monoisotopic (exact) mass is 315 g/mol. The Bertz CT molecular complexity index is 288. The van der Waals surface area contributed by atoms with E-state index in [9.17, 15) is 4.79 Å². The molecule has 0 bridgehead atoms. The van der Waals surface area contributed by atoms with E-state index in [0.717, 1.165) is 30.5 Å². The average molecular weight is 316 g/mol. The zero-order chi connectivity index (χ0) is 13.0. The van der Waals surface area contributed by atoms with E-state index < -0.39 is 0 Å². The molecule has 0 heterocycles. The van der Waals surface area contributed by atoms with Crippen LogP contribution >= 0.6 is 15.9 Å². The fourth-order valence-corrected chi connectivity index (χ4v) is 4.40. The summed E-state index contributed by atoms with van der Waals surface area (Å²) in [5, 5.41) is 4.26. The molecule has 2 nitrogen and oxygen atoms in total. The van der Waals surface area contributed by atoms with Crippen LogP contribution in [0.2, 0.25) is 0 Å². The van der Waals surface area contributed by atoms with Crippen LogP contribution in [0, 0.1) is 11.8 Å². The number of rotatable bonds is 4. The van der Waals surface area contributed by atoms with Crippen LogP contribution in [-0.2, 0) is 4.79 Å². The maximum atomic E-state index is 12.2. The van der Waals surface area contributed by atoms with Gasteiger partial charge in [-0.25, -0.2) is 0 Å². The van der Waals surface area contributed by atoms with Gasteiger partial charge in [-0.15, -0.1) is 0 Å². The third kappa shape index (κ3) is 3.72. The highest BCUT2D eigenvalue weighted by Gasteiger charge is 2.35. The molecule has 0 aliphatic heterocycles. The maximum absolute atomic E-state index is 12.2. The Morgan fingerprint density at radius 2 is 2.00 bits per heavy atom. The largest absolute Gasteiger partial charge is 0.350 e. The van der Waals surface area contributed by atoms with Crippen molar-refractivity contribution in [1.29, 1.82) is 0 Å². The van der Waals surface area contributed by atoms with E-state index in [1.807, 2.05) is 0 Å². The van der Waals surface area contributed by atoms with Gasteiger partial charge in [0.05, 0.1) is 0 Å². The molecule has 0 saturated heterocycles. The lowest BCUT2D eigenvalue weighted by Crippen LogP contribution is -2.52. The van der Waals surface area contributed by atoms with Crippen LogP contribution in [0.1, 0.15) is 64.7 Å². The van der Waals surface area contributed by atoms with Gasteiger partial charge in [-0.3, -0.25) is 4.79 Å². The molecule has 2 aliphatic rings. The molecular formula is C15H26BrNO.